The smallest absolute Gasteiger partial charge is 0.146 e. The Balaban J connectivity index is 1.73. The van der Waals surface area contributed by atoms with Crippen molar-refractivity contribution in [3.8, 4) is 0 Å². The van der Waals surface area contributed by atoms with Gasteiger partial charge < -0.3 is 10.0 Å². The first-order valence-electron chi connectivity index (χ1n) is 8.49. The molecule has 3 nitrogen and oxygen atoms in total. The van der Waals surface area contributed by atoms with Gasteiger partial charge in [0.15, 0.2) is 0 Å². The lowest BCUT2D eigenvalue weighted by Gasteiger charge is -2.34. The van der Waals surface area contributed by atoms with Crippen molar-refractivity contribution < 1.29 is 9.50 Å². The number of aliphatic hydroxyl groups is 1. The van der Waals surface area contributed by atoms with Gasteiger partial charge in [0.1, 0.15) is 5.82 Å². The molecular weight excluding hydrogens is 279 g/mol. The van der Waals surface area contributed by atoms with Gasteiger partial charge >= 0.3 is 0 Å². The van der Waals surface area contributed by atoms with Crippen molar-refractivity contribution >= 4 is 5.69 Å². The molecule has 2 atom stereocenters. The second-order valence-corrected chi connectivity index (χ2v) is 6.99. The number of piperidine rings is 1. The van der Waals surface area contributed by atoms with Gasteiger partial charge in [-0.3, -0.25) is 4.90 Å². The average molecular weight is 306 g/mol. The maximum absolute atomic E-state index is 14.5. The molecule has 2 saturated heterocycles. The first-order valence-corrected chi connectivity index (χ1v) is 8.49. The average Bonchev–Trinajstić information content (AvgIpc) is 3.00. The third kappa shape index (κ3) is 3.28. The number of benzene rings is 1. The lowest BCUT2D eigenvalue weighted by molar-refractivity contribution is 0.0319. The van der Waals surface area contributed by atoms with E-state index < -0.39 is 0 Å². The van der Waals surface area contributed by atoms with E-state index in [2.05, 4.69) is 23.6 Å². The highest BCUT2D eigenvalue weighted by atomic mass is 19.1. The van der Waals surface area contributed by atoms with Gasteiger partial charge in [-0.2, -0.15) is 0 Å². The summed E-state index contributed by atoms with van der Waals surface area (Å²) in [7, 11) is 0. The van der Waals surface area contributed by atoms with Crippen molar-refractivity contribution in [1.29, 1.82) is 0 Å². The highest BCUT2D eigenvalue weighted by molar-refractivity contribution is 5.52. The quantitative estimate of drug-likeness (QED) is 0.930. The molecule has 1 aromatic carbocycles. The van der Waals surface area contributed by atoms with Crippen LogP contribution in [0, 0.1) is 18.7 Å². The number of hydrogen-bond acceptors (Lipinski definition) is 3. The van der Waals surface area contributed by atoms with Gasteiger partial charge in [-0.15, -0.1) is 0 Å². The predicted octanol–water partition coefficient (Wildman–Crippen LogP) is 2.94. The number of anilines is 1. The summed E-state index contributed by atoms with van der Waals surface area (Å²) in [5.41, 5.74) is 3.01. The van der Waals surface area contributed by atoms with Crippen molar-refractivity contribution in [3.05, 3.63) is 29.1 Å². The van der Waals surface area contributed by atoms with Crippen molar-refractivity contribution in [2.75, 3.05) is 31.1 Å². The van der Waals surface area contributed by atoms with Crippen molar-refractivity contribution in [2.24, 2.45) is 5.92 Å². The van der Waals surface area contributed by atoms with Crippen molar-refractivity contribution in [1.82, 2.24) is 4.90 Å². The van der Waals surface area contributed by atoms with Crippen LogP contribution in [0.2, 0.25) is 0 Å². The molecule has 0 aromatic heterocycles. The minimum Gasteiger partial charge on any atom is -0.393 e. The Morgan fingerprint density at radius 1 is 1.23 bits per heavy atom. The summed E-state index contributed by atoms with van der Waals surface area (Å²) < 4.78 is 14.5. The summed E-state index contributed by atoms with van der Waals surface area (Å²) in [6.45, 7) is 8.66. The number of aliphatic hydroxyl groups excluding tert-OH is 1. The molecule has 3 rings (SSSR count). The summed E-state index contributed by atoms with van der Waals surface area (Å²) in [4.78, 5) is 4.49. The number of hydrogen-bond donors (Lipinski definition) is 1. The molecule has 2 aliphatic rings. The van der Waals surface area contributed by atoms with E-state index >= 15 is 0 Å². The molecule has 0 aliphatic carbocycles. The van der Waals surface area contributed by atoms with E-state index in [4.69, 9.17) is 0 Å². The Bertz CT molecular complexity index is 528. The summed E-state index contributed by atoms with van der Waals surface area (Å²) in [5, 5.41) is 9.83. The molecule has 0 amide bonds. The predicted molar refractivity (Wildman–Crippen MR) is 87.6 cm³/mol. The molecule has 0 unspecified atom stereocenters. The van der Waals surface area contributed by atoms with E-state index in [0.717, 1.165) is 63.2 Å². The fourth-order valence-electron chi connectivity index (χ4n) is 3.68. The van der Waals surface area contributed by atoms with Crippen LogP contribution in [0.3, 0.4) is 0 Å². The summed E-state index contributed by atoms with van der Waals surface area (Å²) in [6, 6.07) is 3.73. The highest BCUT2D eigenvalue weighted by Crippen LogP contribution is 2.28. The third-order valence-corrected chi connectivity index (χ3v) is 5.19. The van der Waals surface area contributed by atoms with Crippen LogP contribution in [-0.4, -0.2) is 42.3 Å². The Labute approximate surface area is 132 Å². The molecule has 2 aliphatic heterocycles. The SMILES string of the molecule is Cc1cc(N2CCCC2)c(F)cc1CN1CC[C@@H](O)[C@@H](C)C1. The molecule has 0 spiro atoms. The number of halogens is 1. The Morgan fingerprint density at radius 2 is 1.95 bits per heavy atom. The highest BCUT2D eigenvalue weighted by Gasteiger charge is 2.25. The molecule has 2 fully saturated rings. The number of nitrogens with zero attached hydrogens (tertiary/aromatic N) is 2. The number of rotatable bonds is 3. The van der Waals surface area contributed by atoms with E-state index in [-0.39, 0.29) is 11.9 Å². The van der Waals surface area contributed by atoms with E-state index in [1.165, 1.54) is 5.56 Å². The molecule has 1 aromatic rings. The van der Waals surface area contributed by atoms with Crippen LogP contribution in [0.5, 0.6) is 0 Å². The molecule has 0 saturated carbocycles. The molecule has 22 heavy (non-hydrogen) atoms. The fourth-order valence-corrected chi connectivity index (χ4v) is 3.68. The van der Waals surface area contributed by atoms with Crippen LogP contribution in [-0.2, 0) is 6.54 Å². The summed E-state index contributed by atoms with van der Waals surface area (Å²) in [6.07, 6.45) is 2.95. The molecule has 0 radical (unpaired) electrons. The second kappa shape index (κ2) is 6.55. The minimum absolute atomic E-state index is 0.0902. The van der Waals surface area contributed by atoms with E-state index in [1.54, 1.807) is 6.07 Å². The van der Waals surface area contributed by atoms with Crippen LogP contribution >= 0.6 is 0 Å². The van der Waals surface area contributed by atoms with Crippen LogP contribution in [0.4, 0.5) is 10.1 Å². The molecule has 122 valence electrons. The summed E-state index contributed by atoms with van der Waals surface area (Å²) in [5.74, 6) is 0.204. The first kappa shape index (κ1) is 15.8. The van der Waals surface area contributed by atoms with Gasteiger partial charge in [-0.1, -0.05) is 6.92 Å². The molecular formula is C18H27FN2O. The summed E-state index contributed by atoms with van der Waals surface area (Å²) >= 11 is 0. The third-order valence-electron chi connectivity index (χ3n) is 5.19. The molecule has 0 bridgehead atoms. The van der Waals surface area contributed by atoms with Crippen molar-refractivity contribution in [3.63, 3.8) is 0 Å². The van der Waals surface area contributed by atoms with Crippen LogP contribution < -0.4 is 4.90 Å². The number of aryl methyl sites for hydroxylation is 1. The Morgan fingerprint density at radius 3 is 2.64 bits per heavy atom. The van der Waals surface area contributed by atoms with Gasteiger partial charge in [-0.05, 0) is 55.4 Å². The largest absolute Gasteiger partial charge is 0.393 e. The number of likely N-dealkylation sites (tertiary alicyclic amines) is 1. The Kier molecular flexibility index (Phi) is 4.69. The van der Waals surface area contributed by atoms with Crippen molar-refractivity contribution in [2.45, 2.75) is 45.8 Å². The van der Waals surface area contributed by atoms with E-state index in [1.807, 2.05) is 6.07 Å². The zero-order valence-corrected chi connectivity index (χ0v) is 13.7. The zero-order valence-electron chi connectivity index (χ0n) is 13.7. The normalized spacial score (nSPS) is 26.6. The maximum atomic E-state index is 14.5. The fraction of sp³-hybridized carbons (Fsp3) is 0.667. The minimum atomic E-state index is -0.188. The van der Waals surface area contributed by atoms with Crippen LogP contribution in [0.15, 0.2) is 12.1 Å². The molecule has 2 heterocycles. The zero-order chi connectivity index (χ0) is 15.7. The van der Waals surface area contributed by atoms with Gasteiger partial charge in [0, 0.05) is 32.7 Å². The van der Waals surface area contributed by atoms with Gasteiger partial charge in [0.25, 0.3) is 0 Å². The van der Waals surface area contributed by atoms with E-state index in [9.17, 15) is 9.50 Å². The monoisotopic (exact) mass is 306 g/mol. The standard InChI is InChI=1S/C18H27FN2O/c1-13-9-17(21-6-3-4-7-21)16(19)10-15(13)12-20-8-5-18(22)14(2)11-20/h9-10,14,18,22H,3-8,11-12H2,1-2H3/t14-,18+/m0/s1. The maximum Gasteiger partial charge on any atom is 0.146 e. The van der Waals surface area contributed by atoms with Crippen LogP contribution in [0.1, 0.15) is 37.3 Å². The lowest BCUT2D eigenvalue weighted by atomic mass is 9.96. The van der Waals surface area contributed by atoms with Gasteiger partial charge in [0.2, 0.25) is 0 Å². The second-order valence-electron chi connectivity index (χ2n) is 6.99. The van der Waals surface area contributed by atoms with Gasteiger partial charge in [0.05, 0.1) is 11.8 Å². The van der Waals surface area contributed by atoms with Crippen LogP contribution in [0.25, 0.3) is 0 Å². The lowest BCUT2D eigenvalue weighted by Crippen LogP contribution is -2.41. The molecule has 4 heteroatoms. The first-order chi connectivity index (χ1) is 10.5. The van der Waals surface area contributed by atoms with Gasteiger partial charge in [-0.25, -0.2) is 4.39 Å². The molecule has 1 N–H and O–H groups in total. The van der Waals surface area contributed by atoms with E-state index in [0.29, 0.717) is 5.92 Å². The topological polar surface area (TPSA) is 26.7 Å². The Hall–Kier alpha value is -1.13.